The van der Waals surface area contributed by atoms with Crippen LogP contribution in [-0.2, 0) is 14.8 Å². The molecule has 1 aromatic carbocycles. The van der Waals surface area contributed by atoms with Gasteiger partial charge in [-0.05, 0) is 31.5 Å². The molecule has 1 fully saturated rings. The van der Waals surface area contributed by atoms with Gasteiger partial charge in [0.05, 0.1) is 24.2 Å². The maximum absolute atomic E-state index is 12.8. The quantitative estimate of drug-likeness (QED) is 0.884. The number of morpholine rings is 1. The minimum Gasteiger partial charge on any atom is -0.394 e. The molecule has 20 heavy (non-hydrogen) atoms. The molecule has 2 unspecified atom stereocenters. The number of ether oxygens (including phenoxy) is 1. The molecule has 0 aliphatic carbocycles. The van der Waals surface area contributed by atoms with Crippen LogP contribution in [0.3, 0.4) is 0 Å². The molecule has 1 aliphatic heterocycles. The zero-order valence-corrected chi connectivity index (χ0v) is 13.8. The zero-order chi connectivity index (χ0) is 14.9. The molecule has 112 valence electrons. The van der Waals surface area contributed by atoms with Crippen LogP contribution in [0.2, 0.25) is 0 Å². The third kappa shape index (κ3) is 3.07. The largest absolute Gasteiger partial charge is 0.394 e. The first-order valence-corrected chi connectivity index (χ1v) is 8.60. The predicted octanol–water partition coefficient (Wildman–Crippen LogP) is 1.53. The Bertz CT molecular complexity index is 590. The highest BCUT2D eigenvalue weighted by molar-refractivity contribution is 9.10. The van der Waals surface area contributed by atoms with E-state index in [1.54, 1.807) is 26.0 Å². The Morgan fingerprint density at radius 3 is 2.85 bits per heavy atom. The molecule has 2 atom stereocenters. The van der Waals surface area contributed by atoms with Crippen LogP contribution in [-0.4, -0.2) is 49.7 Å². The summed E-state index contributed by atoms with van der Waals surface area (Å²) < 4.78 is 33.1. The van der Waals surface area contributed by atoms with Gasteiger partial charge in [0.2, 0.25) is 10.0 Å². The topological polar surface area (TPSA) is 66.8 Å². The summed E-state index contributed by atoms with van der Waals surface area (Å²) in [5.74, 6) is 0. The second-order valence-electron chi connectivity index (χ2n) is 4.97. The molecular formula is C13H18BrNO4S. The van der Waals surface area contributed by atoms with Crippen LogP contribution in [0.1, 0.15) is 12.5 Å². The summed E-state index contributed by atoms with van der Waals surface area (Å²) in [7, 11) is -3.60. The van der Waals surface area contributed by atoms with Crippen LogP contribution in [0.25, 0.3) is 0 Å². The number of aliphatic hydroxyl groups is 1. The van der Waals surface area contributed by atoms with Crippen molar-refractivity contribution < 1.29 is 18.3 Å². The Morgan fingerprint density at radius 2 is 2.20 bits per heavy atom. The van der Waals surface area contributed by atoms with Crippen molar-refractivity contribution in [1.82, 2.24) is 4.31 Å². The van der Waals surface area contributed by atoms with Crippen LogP contribution in [0.4, 0.5) is 0 Å². The number of benzene rings is 1. The Balaban J connectivity index is 2.40. The van der Waals surface area contributed by atoms with Crippen molar-refractivity contribution in [3.63, 3.8) is 0 Å². The summed E-state index contributed by atoms with van der Waals surface area (Å²) >= 11 is 3.31. The van der Waals surface area contributed by atoms with Crippen molar-refractivity contribution in [2.75, 3.05) is 19.8 Å². The number of hydrogen-bond donors (Lipinski definition) is 1. The van der Waals surface area contributed by atoms with Gasteiger partial charge in [-0.3, -0.25) is 0 Å². The van der Waals surface area contributed by atoms with Crippen LogP contribution >= 0.6 is 15.9 Å². The first-order valence-electron chi connectivity index (χ1n) is 6.36. The molecule has 0 amide bonds. The predicted molar refractivity (Wildman–Crippen MR) is 79.1 cm³/mol. The minimum absolute atomic E-state index is 0.173. The van der Waals surface area contributed by atoms with E-state index >= 15 is 0 Å². The average Bonchev–Trinajstić information content (AvgIpc) is 2.41. The van der Waals surface area contributed by atoms with Gasteiger partial charge in [0.15, 0.2) is 0 Å². The molecule has 0 bridgehead atoms. The number of aryl methyl sites for hydroxylation is 1. The van der Waals surface area contributed by atoms with Gasteiger partial charge in [0, 0.05) is 17.1 Å². The van der Waals surface area contributed by atoms with Crippen molar-refractivity contribution >= 4 is 26.0 Å². The molecule has 1 N–H and O–H groups in total. The smallest absolute Gasteiger partial charge is 0.243 e. The summed E-state index contributed by atoms with van der Waals surface area (Å²) in [4.78, 5) is 0.289. The fourth-order valence-corrected chi connectivity index (χ4v) is 4.63. The molecule has 1 saturated heterocycles. The van der Waals surface area contributed by atoms with E-state index in [4.69, 9.17) is 4.74 Å². The van der Waals surface area contributed by atoms with Gasteiger partial charge in [-0.1, -0.05) is 22.0 Å². The molecule has 0 spiro atoms. The molecule has 1 heterocycles. The highest BCUT2D eigenvalue weighted by atomic mass is 79.9. The van der Waals surface area contributed by atoms with Crippen LogP contribution in [0.15, 0.2) is 27.6 Å². The molecule has 0 saturated carbocycles. The van der Waals surface area contributed by atoms with Gasteiger partial charge >= 0.3 is 0 Å². The van der Waals surface area contributed by atoms with E-state index in [2.05, 4.69) is 15.9 Å². The van der Waals surface area contributed by atoms with Crippen molar-refractivity contribution in [3.05, 3.63) is 28.2 Å². The van der Waals surface area contributed by atoms with E-state index in [9.17, 15) is 13.5 Å². The zero-order valence-electron chi connectivity index (χ0n) is 11.4. The number of rotatable bonds is 3. The fourth-order valence-electron chi connectivity index (χ4n) is 2.22. The highest BCUT2D eigenvalue weighted by Gasteiger charge is 2.36. The molecule has 0 radical (unpaired) electrons. The van der Waals surface area contributed by atoms with Gasteiger partial charge in [-0.25, -0.2) is 8.42 Å². The SMILES string of the molecule is Cc1ccc(Br)cc1S(=O)(=O)N1CC(CO)OCC1C. The number of halogens is 1. The van der Waals surface area contributed by atoms with E-state index < -0.39 is 16.1 Å². The maximum atomic E-state index is 12.8. The third-order valence-corrected chi connectivity index (χ3v) is 6.00. The van der Waals surface area contributed by atoms with Crippen LogP contribution in [0, 0.1) is 6.92 Å². The number of nitrogens with zero attached hydrogens (tertiary/aromatic N) is 1. The third-order valence-electron chi connectivity index (χ3n) is 3.39. The molecule has 1 aliphatic rings. The van der Waals surface area contributed by atoms with Crippen molar-refractivity contribution in [2.45, 2.75) is 30.9 Å². The summed E-state index contributed by atoms with van der Waals surface area (Å²) in [5, 5.41) is 9.18. The average molecular weight is 364 g/mol. The summed E-state index contributed by atoms with van der Waals surface area (Å²) in [6.07, 6.45) is -0.464. The Labute approximate surface area is 127 Å². The summed E-state index contributed by atoms with van der Waals surface area (Å²) in [6.45, 7) is 3.85. The van der Waals surface area contributed by atoms with Gasteiger partial charge in [-0.15, -0.1) is 0 Å². The lowest BCUT2D eigenvalue weighted by atomic mass is 10.2. The van der Waals surface area contributed by atoms with E-state index in [0.717, 1.165) is 4.47 Å². The van der Waals surface area contributed by atoms with Gasteiger partial charge < -0.3 is 9.84 Å². The number of sulfonamides is 1. The Hall–Kier alpha value is -0.470. The standard InChI is InChI=1S/C13H18BrNO4S/c1-9-3-4-11(14)5-13(9)20(17,18)15-6-12(7-16)19-8-10(15)2/h3-5,10,12,16H,6-8H2,1-2H3. The highest BCUT2D eigenvalue weighted by Crippen LogP contribution is 2.27. The molecular weight excluding hydrogens is 346 g/mol. The summed E-state index contributed by atoms with van der Waals surface area (Å²) in [6, 6.07) is 4.95. The van der Waals surface area contributed by atoms with Crippen LogP contribution < -0.4 is 0 Å². The molecule has 5 nitrogen and oxygen atoms in total. The molecule has 1 aromatic rings. The number of hydrogen-bond acceptors (Lipinski definition) is 4. The van der Waals surface area contributed by atoms with E-state index in [0.29, 0.717) is 5.56 Å². The first-order chi connectivity index (χ1) is 9.36. The lowest BCUT2D eigenvalue weighted by molar-refractivity contribution is -0.0516. The Kier molecular flexibility index (Phi) is 4.86. The van der Waals surface area contributed by atoms with Crippen LogP contribution in [0.5, 0.6) is 0 Å². The minimum atomic E-state index is -3.60. The Morgan fingerprint density at radius 1 is 1.50 bits per heavy atom. The molecule has 7 heteroatoms. The normalized spacial score (nSPS) is 24.8. The lowest BCUT2D eigenvalue weighted by Gasteiger charge is -2.36. The van der Waals surface area contributed by atoms with Gasteiger partial charge in [0.25, 0.3) is 0 Å². The summed E-state index contributed by atoms with van der Waals surface area (Å²) in [5.41, 5.74) is 0.701. The second kappa shape index (κ2) is 6.11. The molecule has 2 rings (SSSR count). The van der Waals surface area contributed by atoms with E-state index in [-0.39, 0.29) is 30.7 Å². The van der Waals surface area contributed by atoms with Crippen molar-refractivity contribution in [3.8, 4) is 0 Å². The van der Waals surface area contributed by atoms with E-state index in [1.165, 1.54) is 4.31 Å². The second-order valence-corrected chi connectivity index (χ2v) is 7.75. The van der Waals surface area contributed by atoms with Crippen molar-refractivity contribution in [2.24, 2.45) is 0 Å². The van der Waals surface area contributed by atoms with Crippen molar-refractivity contribution in [1.29, 1.82) is 0 Å². The first kappa shape index (κ1) is 15.9. The number of aliphatic hydroxyl groups excluding tert-OH is 1. The van der Waals surface area contributed by atoms with Gasteiger partial charge in [-0.2, -0.15) is 4.31 Å². The lowest BCUT2D eigenvalue weighted by Crippen LogP contribution is -2.51. The van der Waals surface area contributed by atoms with E-state index in [1.807, 2.05) is 6.07 Å². The maximum Gasteiger partial charge on any atom is 0.243 e. The fraction of sp³-hybridized carbons (Fsp3) is 0.538. The van der Waals surface area contributed by atoms with Gasteiger partial charge in [0.1, 0.15) is 0 Å². The molecule has 0 aromatic heterocycles. The monoisotopic (exact) mass is 363 g/mol.